The molecule has 0 saturated carbocycles. The van der Waals surface area contributed by atoms with Gasteiger partial charge in [-0.05, 0) is 24.3 Å². The molecule has 2 nitrogen and oxygen atoms in total. The minimum atomic E-state index is -0.198. The molecule has 2 aromatic rings. The third-order valence-corrected chi connectivity index (χ3v) is 3.36. The maximum Gasteiger partial charge on any atom is 0.223 e. The van der Waals surface area contributed by atoms with Crippen molar-refractivity contribution in [3.8, 4) is 11.1 Å². The first-order chi connectivity index (χ1) is 9.54. The fourth-order valence-electron chi connectivity index (χ4n) is 1.81. The Balaban J connectivity index is 2.66. The van der Waals surface area contributed by atoms with Gasteiger partial charge in [-0.25, -0.2) is 0 Å². The number of rotatable bonds is 2. The molecule has 0 fully saturated rings. The second-order valence-electron chi connectivity index (χ2n) is 4.09. The summed E-state index contributed by atoms with van der Waals surface area (Å²) >= 11 is 12.3. The summed E-state index contributed by atoms with van der Waals surface area (Å²) in [6.45, 7) is 1.43. The maximum atomic E-state index is 11.7. The molecule has 0 heterocycles. The Morgan fingerprint density at radius 1 is 1.16 bits per heavy atom. The number of hydrogen-bond acceptors (Lipinski definition) is 1. The molecule has 0 saturated heterocycles. The quantitative estimate of drug-likeness (QED) is 0.790. The zero-order valence-electron chi connectivity index (χ0n) is 11.4. The highest BCUT2D eigenvalue weighted by molar-refractivity contribution is 6.34. The van der Waals surface area contributed by atoms with E-state index in [1.165, 1.54) is 11.8 Å². The number of halogens is 2. The average molecular weight is 295 g/mol. The van der Waals surface area contributed by atoms with E-state index in [9.17, 15) is 4.79 Å². The molecule has 0 aromatic heterocycles. The lowest BCUT2D eigenvalue weighted by Crippen LogP contribution is -2.23. The molecule has 4 heteroatoms. The Bertz CT molecular complexity index is 646. The van der Waals surface area contributed by atoms with Crippen LogP contribution in [0.3, 0.4) is 0 Å². The average Bonchev–Trinajstić information content (AvgIpc) is 2.41. The highest BCUT2D eigenvalue weighted by Crippen LogP contribution is 2.36. The standard InChI is InChI=1S/C15H13Cl2NO/c1-10(19)18(2)15-8-7-11(16)9-13(15)12-5-3-4-6-14(12)17/h3-9H,1-2H3/i2D. The largest absolute Gasteiger partial charge is 0.315 e. The molecule has 2 aromatic carbocycles. The molecule has 98 valence electrons. The van der Waals surface area contributed by atoms with E-state index in [4.69, 9.17) is 24.6 Å². The van der Waals surface area contributed by atoms with Crippen LogP contribution < -0.4 is 4.90 Å². The van der Waals surface area contributed by atoms with Crippen molar-refractivity contribution in [3.05, 3.63) is 52.5 Å². The monoisotopic (exact) mass is 294 g/mol. The van der Waals surface area contributed by atoms with Gasteiger partial charge in [0.05, 0.1) is 5.69 Å². The smallest absolute Gasteiger partial charge is 0.223 e. The highest BCUT2D eigenvalue weighted by Gasteiger charge is 2.14. The van der Waals surface area contributed by atoms with Crippen molar-refractivity contribution in [2.24, 2.45) is 0 Å². The second kappa shape index (κ2) is 5.64. The Kier molecular flexibility index (Phi) is 3.72. The van der Waals surface area contributed by atoms with E-state index in [1.54, 1.807) is 24.3 Å². The van der Waals surface area contributed by atoms with E-state index in [0.29, 0.717) is 15.7 Å². The van der Waals surface area contributed by atoms with Gasteiger partial charge in [0.2, 0.25) is 5.91 Å². The zero-order chi connectivity index (χ0) is 14.7. The first-order valence-corrected chi connectivity index (χ1v) is 6.42. The van der Waals surface area contributed by atoms with Crippen molar-refractivity contribution in [2.45, 2.75) is 6.92 Å². The molecule has 0 radical (unpaired) electrons. The summed E-state index contributed by atoms with van der Waals surface area (Å²) < 4.78 is 7.53. The van der Waals surface area contributed by atoms with Crippen LogP contribution in [0.2, 0.25) is 10.0 Å². The van der Waals surface area contributed by atoms with Crippen molar-refractivity contribution >= 4 is 34.8 Å². The molecular formula is C15H13Cl2NO. The summed E-state index contributed by atoms with van der Waals surface area (Å²) in [7, 11) is -0.158. The molecule has 0 N–H and O–H groups in total. The molecule has 0 aliphatic rings. The predicted octanol–water partition coefficient (Wildman–Crippen LogP) is 4.64. The summed E-state index contributed by atoms with van der Waals surface area (Å²) in [5.74, 6) is -0.198. The lowest BCUT2D eigenvalue weighted by molar-refractivity contribution is -0.116. The first kappa shape index (κ1) is 12.5. The number of carbonyl (C=O) groups excluding carboxylic acids is 1. The summed E-state index contributed by atoms with van der Waals surface area (Å²) in [6.07, 6.45) is 0. The summed E-state index contributed by atoms with van der Waals surface area (Å²) in [4.78, 5) is 13.0. The fraction of sp³-hybridized carbons (Fsp3) is 0.133. The third-order valence-electron chi connectivity index (χ3n) is 2.79. The number of benzene rings is 2. The van der Waals surface area contributed by atoms with Gasteiger partial charge in [0.15, 0.2) is 0 Å². The Morgan fingerprint density at radius 3 is 2.53 bits per heavy atom. The van der Waals surface area contributed by atoms with Crippen molar-refractivity contribution in [1.29, 1.82) is 0 Å². The van der Waals surface area contributed by atoms with E-state index in [0.717, 1.165) is 11.1 Å². The number of carbonyl (C=O) groups is 1. The lowest BCUT2D eigenvalue weighted by Gasteiger charge is -2.20. The van der Waals surface area contributed by atoms with Gasteiger partial charge in [-0.15, -0.1) is 0 Å². The topological polar surface area (TPSA) is 20.3 Å². The lowest BCUT2D eigenvalue weighted by atomic mass is 10.0. The van der Waals surface area contributed by atoms with Gasteiger partial charge in [-0.3, -0.25) is 4.79 Å². The molecule has 0 unspecified atom stereocenters. The zero-order valence-corrected chi connectivity index (χ0v) is 11.9. The van der Waals surface area contributed by atoms with Gasteiger partial charge in [0.25, 0.3) is 0 Å². The molecule has 0 aliphatic heterocycles. The van der Waals surface area contributed by atoms with Crippen LogP contribution in [-0.2, 0) is 4.79 Å². The molecule has 0 spiro atoms. The minimum Gasteiger partial charge on any atom is -0.315 e. The Labute approximate surface area is 124 Å². The molecule has 0 atom stereocenters. The normalized spacial score (nSPS) is 11.0. The van der Waals surface area contributed by atoms with Gasteiger partial charge in [-0.1, -0.05) is 41.4 Å². The molecule has 0 bridgehead atoms. The third kappa shape index (κ3) is 2.91. The molecule has 2 rings (SSSR count). The number of anilines is 1. The van der Waals surface area contributed by atoms with Gasteiger partial charge in [0, 0.05) is 36.5 Å². The van der Waals surface area contributed by atoms with Crippen LogP contribution in [0.4, 0.5) is 5.69 Å². The van der Waals surface area contributed by atoms with Gasteiger partial charge in [-0.2, -0.15) is 0 Å². The second-order valence-corrected chi connectivity index (χ2v) is 4.93. The van der Waals surface area contributed by atoms with Crippen molar-refractivity contribution in [1.82, 2.24) is 0 Å². The van der Waals surface area contributed by atoms with Gasteiger partial charge in [0.1, 0.15) is 0 Å². The SMILES string of the molecule is [2H]CN(C(C)=O)c1ccc(Cl)cc1-c1ccccc1Cl. The van der Waals surface area contributed by atoms with Crippen molar-refractivity contribution in [2.75, 3.05) is 11.9 Å². The molecule has 19 heavy (non-hydrogen) atoms. The maximum absolute atomic E-state index is 11.7. The van der Waals surface area contributed by atoms with Crippen LogP contribution in [0.25, 0.3) is 11.1 Å². The van der Waals surface area contributed by atoms with E-state index >= 15 is 0 Å². The Morgan fingerprint density at radius 2 is 1.89 bits per heavy atom. The molecular weight excluding hydrogens is 281 g/mol. The number of amides is 1. The molecule has 1 amide bonds. The van der Waals surface area contributed by atoms with E-state index < -0.39 is 0 Å². The van der Waals surface area contributed by atoms with E-state index in [-0.39, 0.29) is 12.9 Å². The Hall–Kier alpha value is -1.51. The summed E-state index contributed by atoms with van der Waals surface area (Å²) in [6, 6.07) is 12.5. The van der Waals surface area contributed by atoms with Gasteiger partial charge < -0.3 is 4.90 Å². The van der Waals surface area contributed by atoms with Crippen LogP contribution >= 0.6 is 23.2 Å². The summed E-state index contributed by atoms with van der Waals surface area (Å²) in [5.41, 5.74) is 2.15. The summed E-state index contributed by atoms with van der Waals surface area (Å²) in [5, 5.41) is 1.13. The van der Waals surface area contributed by atoms with Crippen LogP contribution in [0.1, 0.15) is 8.29 Å². The minimum absolute atomic E-state index is 0.158. The van der Waals surface area contributed by atoms with E-state index in [1.807, 2.05) is 18.2 Å². The van der Waals surface area contributed by atoms with Gasteiger partial charge >= 0.3 is 0 Å². The van der Waals surface area contributed by atoms with Crippen molar-refractivity contribution in [3.63, 3.8) is 0 Å². The van der Waals surface area contributed by atoms with Crippen LogP contribution in [0.15, 0.2) is 42.5 Å². The molecule has 0 aliphatic carbocycles. The predicted molar refractivity (Wildman–Crippen MR) is 81.0 cm³/mol. The van der Waals surface area contributed by atoms with Crippen molar-refractivity contribution < 1.29 is 6.17 Å². The van der Waals surface area contributed by atoms with Crippen LogP contribution in [-0.4, -0.2) is 12.9 Å². The highest BCUT2D eigenvalue weighted by atomic mass is 35.5. The first-order valence-electron chi connectivity index (χ1n) is 6.37. The number of hydrogen-bond donors (Lipinski definition) is 0. The number of nitrogens with zero attached hydrogens (tertiary/aromatic N) is 1. The van der Waals surface area contributed by atoms with Crippen LogP contribution in [0, 0.1) is 0 Å². The van der Waals surface area contributed by atoms with Crippen LogP contribution in [0.5, 0.6) is 0 Å². The fourth-order valence-corrected chi connectivity index (χ4v) is 2.22. The van der Waals surface area contributed by atoms with E-state index in [2.05, 4.69) is 0 Å².